The fourth-order valence-corrected chi connectivity index (χ4v) is 3.79. The molecular formula is C23H24F3N5O3S. The van der Waals surface area contributed by atoms with Crippen LogP contribution in [0.5, 0.6) is 0 Å². The number of carbonyl (C=O) groups excluding carboxylic acids is 1. The van der Waals surface area contributed by atoms with Gasteiger partial charge in [-0.25, -0.2) is 13.4 Å². The summed E-state index contributed by atoms with van der Waals surface area (Å²) in [5.41, 5.74) is 1.62. The van der Waals surface area contributed by atoms with Crippen molar-refractivity contribution in [2.24, 2.45) is 0 Å². The Balaban J connectivity index is 1.87. The van der Waals surface area contributed by atoms with Crippen LogP contribution < -0.4 is 14.9 Å². The monoisotopic (exact) mass is 507 g/mol. The molecule has 0 atom stereocenters. The summed E-state index contributed by atoms with van der Waals surface area (Å²) < 4.78 is 65.3. The lowest BCUT2D eigenvalue weighted by molar-refractivity contribution is -0.137. The van der Waals surface area contributed by atoms with Crippen molar-refractivity contribution in [3.63, 3.8) is 0 Å². The average molecular weight is 508 g/mol. The van der Waals surface area contributed by atoms with Crippen LogP contribution in [0.1, 0.15) is 34.0 Å². The van der Waals surface area contributed by atoms with Crippen molar-refractivity contribution >= 4 is 38.9 Å². The number of hydrogen-bond acceptors (Lipinski definition) is 7. The first-order chi connectivity index (χ1) is 16.3. The summed E-state index contributed by atoms with van der Waals surface area (Å²) in [4.78, 5) is 19.4. The SMILES string of the molecule is CC(=O)c1ccc(Nc2ncc(C(F)(F)F)c(NCc3cccc(N(C)S(C)(=O)=O)c3)n2)cc1C. The van der Waals surface area contributed by atoms with Crippen LogP contribution in [0.2, 0.25) is 0 Å². The second kappa shape index (κ2) is 9.90. The van der Waals surface area contributed by atoms with E-state index in [-0.39, 0.29) is 18.3 Å². The Kier molecular flexibility index (Phi) is 7.34. The highest BCUT2D eigenvalue weighted by molar-refractivity contribution is 7.92. The number of halogens is 3. The van der Waals surface area contributed by atoms with Crippen molar-refractivity contribution in [2.75, 3.05) is 28.2 Å². The quantitative estimate of drug-likeness (QED) is 0.424. The van der Waals surface area contributed by atoms with Gasteiger partial charge in [0, 0.05) is 31.0 Å². The van der Waals surface area contributed by atoms with Crippen molar-refractivity contribution in [2.45, 2.75) is 26.6 Å². The highest BCUT2D eigenvalue weighted by Crippen LogP contribution is 2.34. The van der Waals surface area contributed by atoms with Crippen molar-refractivity contribution in [3.05, 3.63) is 70.9 Å². The van der Waals surface area contributed by atoms with Crippen LogP contribution in [0.3, 0.4) is 0 Å². The number of benzene rings is 2. The van der Waals surface area contributed by atoms with Crippen molar-refractivity contribution in [3.8, 4) is 0 Å². The Labute approximate surface area is 201 Å². The number of hydrogen-bond donors (Lipinski definition) is 2. The van der Waals surface area contributed by atoms with Gasteiger partial charge in [0.25, 0.3) is 0 Å². The fourth-order valence-electron chi connectivity index (χ4n) is 3.29. The third kappa shape index (κ3) is 6.47. The second-order valence-corrected chi connectivity index (χ2v) is 9.93. The van der Waals surface area contributed by atoms with Crippen LogP contribution in [0.4, 0.5) is 36.3 Å². The Morgan fingerprint density at radius 2 is 1.86 bits per heavy atom. The maximum Gasteiger partial charge on any atom is 0.421 e. The number of aryl methyl sites for hydroxylation is 1. The zero-order valence-electron chi connectivity index (χ0n) is 19.4. The molecule has 2 N–H and O–H groups in total. The number of ketones is 1. The Bertz CT molecular complexity index is 1360. The normalized spacial score (nSPS) is 11.7. The van der Waals surface area contributed by atoms with E-state index in [4.69, 9.17) is 0 Å². The standard InChI is InChI=1S/C23H24F3N5O3S/c1-14-10-17(8-9-19(14)15(2)32)29-22-28-13-20(23(24,25)26)21(30-22)27-12-16-6-5-7-18(11-16)31(3)35(4,33)34/h5-11,13H,12H2,1-4H3,(H2,27,28,29,30). The summed E-state index contributed by atoms with van der Waals surface area (Å²) >= 11 is 0. The first-order valence-corrected chi connectivity index (χ1v) is 12.2. The minimum atomic E-state index is -4.70. The average Bonchev–Trinajstić information content (AvgIpc) is 2.76. The Morgan fingerprint density at radius 1 is 1.14 bits per heavy atom. The van der Waals surface area contributed by atoms with Crippen LogP contribution >= 0.6 is 0 Å². The second-order valence-electron chi connectivity index (χ2n) is 7.92. The van der Waals surface area contributed by atoms with Crippen LogP contribution in [0.15, 0.2) is 48.7 Å². The smallest absolute Gasteiger partial charge is 0.365 e. The van der Waals surface area contributed by atoms with Gasteiger partial charge in [-0.2, -0.15) is 18.2 Å². The van der Waals surface area contributed by atoms with Gasteiger partial charge in [0.2, 0.25) is 16.0 Å². The van der Waals surface area contributed by atoms with Gasteiger partial charge in [0.05, 0.1) is 11.9 Å². The van der Waals surface area contributed by atoms with Gasteiger partial charge in [-0.05, 0) is 55.3 Å². The highest BCUT2D eigenvalue weighted by atomic mass is 32.2. The van der Waals surface area contributed by atoms with Gasteiger partial charge in [0.1, 0.15) is 11.4 Å². The van der Waals surface area contributed by atoms with Crippen LogP contribution in [-0.4, -0.2) is 37.5 Å². The molecule has 0 radical (unpaired) electrons. The van der Waals surface area contributed by atoms with Crippen molar-refractivity contribution < 1.29 is 26.4 Å². The number of sulfonamides is 1. The lowest BCUT2D eigenvalue weighted by atomic mass is 10.1. The lowest BCUT2D eigenvalue weighted by Gasteiger charge is -2.18. The molecule has 8 nitrogen and oxygen atoms in total. The Hall–Kier alpha value is -3.67. The van der Waals surface area contributed by atoms with E-state index in [1.54, 1.807) is 49.4 Å². The number of carbonyl (C=O) groups is 1. The number of aromatic nitrogens is 2. The summed E-state index contributed by atoms with van der Waals surface area (Å²) in [6.07, 6.45) is -2.96. The lowest BCUT2D eigenvalue weighted by Crippen LogP contribution is -2.24. The molecule has 35 heavy (non-hydrogen) atoms. The highest BCUT2D eigenvalue weighted by Gasteiger charge is 2.35. The van der Waals surface area contributed by atoms with Crippen LogP contribution in [0, 0.1) is 6.92 Å². The third-order valence-corrected chi connectivity index (χ3v) is 6.39. The predicted molar refractivity (Wildman–Crippen MR) is 129 cm³/mol. The van der Waals surface area contributed by atoms with E-state index in [1.807, 2.05) is 0 Å². The van der Waals surface area contributed by atoms with E-state index in [0.717, 1.165) is 10.6 Å². The summed E-state index contributed by atoms with van der Waals surface area (Å²) in [5, 5.41) is 5.53. The zero-order valence-corrected chi connectivity index (χ0v) is 20.3. The minimum Gasteiger partial charge on any atom is -0.365 e. The summed E-state index contributed by atoms with van der Waals surface area (Å²) in [5.74, 6) is -0.604. The molecular weight excluding hydrogens is 483 g/mol. The van der Waals surface area contributed by atoms with Gasteiger partial charge in [-0.1, -0.05) is 12.1 Å². The third-order valence-electron chi connectivity index (χ3n) is 5.19. The number of nitrogens with zero attached hydrogens (tertiary/aromatic N) is 3. The molecule has 1 heterocycles. The number of anilines is 4. The molecule has 0 aliphatic carbocycles. The van der Waals surface area contributed by atoms with Gasteiger partial charge in [-0.3, -0.25) is 9.10 Å². The van der Waals surface area contributed by atoms with E-state index < -0.39 is 27.6 Å². The van der Waals surface area contributed by atoms with Crippen molar-refractivity contribution in [1.82, 2.24) is 9.97 Å². The molecule has 0 amide bonds. The predicted octanol–water partition coefficient (Wildman–Crippen LogP) is 4.76. The number of Topliss-reactive ketones (excluding diaryl/α,β-unsaturated/α-hetero) is 1. The molecule has 3 aromatic rings. The largest absolute Gasteiger partial charge is 0.421 e. The molecule has 0 unspecified atom stereocenters. The van der Waals surface area contributed by atoms with E-state index >= 15 is 0 Å². The fraction of sp³-hybridized carbons (Fsp3) is 0.261. The molecule has 0 aliphatic rings. The maximum atomic E-state index is 13.6. The van der Waals surface area contributed by atoms with E-state index in [1.165, 1.54) is 14.0 Å². The molecule has 0 spiro atoms. The molecule has 0 saturated carbocycles. The zero-order chi connectivity index (χ0) is 26.0. The maximum absolute atomic E-state index is 13.6. The molecule has 0 saturated heterocycles. The minimum absolute atomic E-state index is 0.0443. The molecule has 186 valence electrons. The molecule has 0 aliphatic heterocycles. The van der Waals surface area contributed by atoms with Gasteiger partial charge >= 0.3 is 6.18 Å². The molecule has 2 aromatic carbocycles. The number of alkyl halides is 3. The number of nitrogens with one attached hydrogen (secondary N) is 2. The van der Waals surface area contributed by atoms with E-state index in [0.29, 0.717) is 34.3 Å². The van der Waals surface area contributed by atoms with Gasteiger partial charge in [0.15, 0.2) is 5.78 Å². The molecule has 0 fully saturated rings. The van der Waals surface area contributed by atoms with E-state index in [2.05, 4.69) is 20.6 Å². The first-order valence-electron chi connectivity index (χ1n) is 10.4. The van der Waals surface area contributed by atoms with Crippen LogP contribution in [0.25, 0.3) is 0 Å². The van der Waals surface area contributed by atoms with Crippen LogP contribution in [-0.2, 0) is 22.7 Å². The van der Waals surface area contributed by atoms with Gasteiger partial charge < -0.3 is 10.6 Å². The van der Waals surface area contributed by atoms with Gasteiger partial charge in [-0.15, -0.1) is 0 Å². The molecule has 3 rings (SSSR count). The van der Waals surface area contributed by atoms with Crippen molar-refractivity contribution in [1.29, 1.82) is 0 Å². The topological polar surface area (TPSA) is 104 Å². The number of rotatable bonds is 8. The summed E-state index contributed by atoms with van der Waals surface area (Å²) in [6, 6.07) is 11.3. The molecule has 12 heteroatoms. The summed E-state index contributed by atoms with van der Waals surface area (Å²) in [6.45, 7) is 3.15. The molecule has 1 aromatic heterocycles. The first kappa shape index (κ1) is 25.9. The van der Waals surface area contributed by atoms with E-state index in [9.17, 15) is 26.4 Å². The summed E-state index contributed by atoms with van der Waals surface area (Å²) in [7, 11) is -2.11. The molecule has 0 bridgehead atoms. The Morgan fingerprint density at radius 3 is 2.46 bits per heavy atom.